The monoisotopic (exact) mass is 489 g/mol. The lowest BCUT2D eigenvalue weighted by atomic mass is 9.98. The Hall–Kier alpha value is -3.43. The molecule has 2 aromatic carbocycles. The summed E-state index contributed by atoms with van der Waals surface area (Å²) in [5.74, 6) is 1.24. The Kier molecular flexibility index (Phi) is 8.56. The van der Waals surface area contributed by atoms with E-state index in [1.165, 1.54) is 5.56 Å². The Morgan fingerprint density at radius 1 is 0.944 bits per heavy atom. The molecule has 2 heterocycles. The van der Waals surface area contributed by atoms with E-state index in [-0.39, 0.29) is 0 Å². The Labute approximate surface area is 212 Å². The third-order valence-corrected chi connectivity index (χ3v) is 6.44. The maximum atomic E-state index is 5.77. The molecule has 0 bridgehead atoms. The molecule has 0 unspecified atom stereocenters. The summed E-state index contributed by atoms with van der Waals surface area (Å²) in [5.41, 5.74) is 4.51. The van der Waals surface area contributed by atoms with Gasteiger partial charge >= 0.3 is 0 Å². The molecule has 0 aliphatic carbocycles. The van der Waals surface area contributed by atoms with Crippen LogP contribution < -0.4 is 0 Å². The molecule has 0 atom stereocenters. The first-order valence-corrected chi connectivity index (χ1v) is 12.6. The Morgan fingerprint density at radius 3 is 2.36 bits per heavy atom. The minimum atomic E-state index is -0.920. The van der Waals surface area contributed by atoms with Gasteiger partial charge < -0.3 is 9.47 Å². The van der Waals surface area contributed by atoms with Crippen molar-refractivity contribution in [1.29, 1.82) is 0 Å². The van der Waals surface area contributed by atoms with Crippen LogP contribution in [0, 0.1) is 0 Å². The molecule has 190 valence electrons. The van der Waals surface area contributed by atoms with E-state index in [9.17, 15) is 0 Å². The second-order valence-corrected chi connectivity index (χ2v) is 8.91. The maximum Gasteiger partial charge on any atom is 0.231 e. The Bertz CT molecular complexity index is 1220. The molecule has 0 fully saturated rings. The lowest BCUT2D eigenvalue weighted by Crippen LogP contribution is -2.32. The van der Waals surface area contributed by atoms with Crippen molar-refractivity contribution in [3.63, 3.8) is 0 Å². The first kappa shape index (κ1) is 25.7. The summed E-state index contributed by atoms with van der Waals surface area (Å²) >= 11 is 0. The number of methoxy groups -OCH3 is 2. The largest absolute Gasteiger partial charge is 0.347 e. The fraction of sp³-hybridized carbons (Fsp3) is 0.444. The zero-order valence-corrected chi connectivity index (χ0v) is 21.6. The van der Waals surface area contributed by atoms with Gasteiger partial charge in [-0.05, 0) is 34.7 Å². The number of aromatic amines is 1. The molecule has 36 heavy (non-hydrogen) atoms. The normalized spacial score (nSPS) is 11.8. The minimum Gasteiger partial charge on any atom is -0.347 e. The number of benzene rings is 2. The Morgan fingerprint density at radius 2 is 1.69 bits per heavy atom. The lowest BCUT2D eigenvalue weighted by molar-refractivity contribution is -0.225. The summed E-state index contributed by atoms with van der Waals surface area (Å²) < 4.78 is 13.5. The molecular formula is C27H35N7O2. The van der Waals surface area contributed by atoms with E-state index in [1.54, 1.807) is 14.2 Å². The summed E-state index contributed by atoms with van der Waals surface area (Å²) in [5, 5.41) is 19.4. The van der Waals surface area contributed by atoms with Gasteiger partial charge in [-0.3, -0.25) is 0 Å². The van der Waals surface area contributed by atoms with E-state index in [0.717, 1.165) is 54.6 Å². The van der Waals surface area contributed by atoms with E-state index in [1.807, 2.05) is 22.9 Å². The molecule has 0 amide bonds. The molecule has 0 saturated heterocycles. The highest BCUT2D eigenvalue weighted by Gasteiger charge is 2.36. The van der Waals surface area contributed by atoms with Gasteiger partial charge in [-0.2, -0.15) is 5.21 Å². The van der Waals surface area contributed by atoms with Gasteiger partial charge in [-0.25, -0.2) is 9.67 Å². The van der Waals surface area contributed by atoms with E-state index in [4.69, 9.17) is 19.6 Å². The van der Waals surface area contributed by atoms with Gasteiger partial charge in [0.1, 0.15) is 5.82 Å². The number of ether oxygens (including phenoxy) is 2. The maximum absolute atomic E-state index is 5.77. The topological polar surface area (TPSA) is 104 Å². The summed E-state index contributed by atoms with van der Waals surface area (Å²) in [6.45, 7) is 4.92. The molecule has 0 aliphatic heterocycles. The number of tetrazole rings is 1. The molecule has 4 rings (SSSR count). The highest BCUT2D eigenvalue weighted by atomic mass is 16.7. The Balaban J connectivity index is 1.54. The first-order valence-electron chi connectivity index (χ1n) is 12.6. The number of aryl methyl sites for hydroxylation is 1. The highest BCUT2D eigenvalue weighted by Crippen LogP contribution is 2.29. The quantitative estimate of drug-likeness (QED) is 0.272. The van der Waals surface area contributed by atoms with Crippen LogP contribution >= 0.6 is 0 Å². The minimum absolute atomic E-state index is 0.593. The van der Waals surface area contributed by atoms with E-state index >= 15 is 0 Å². The van der Waals surface area contributed by atoms with Crippen molar-refractivity contribution in [1.82, 2.24) is 35.4 Å². The zero-order valence-electron chi connectivity index (χ0n) is 21.6. The standard InChI is InChI=1S/C27H35N7O2/c1-5-7-12-24-28-26(27(35-3,36-4)17-6-2)31-34(24)19-21-15-13-20(14-16-21)18-22-10-8-9-11-23(22)25-29-32-33-30-25/h8-11,13-16H,5-7,12,17-19H2,1-4H3,(H,29,30,32,33). The van der Waals surface area contributed by atoms with Crippen LogP contribution in [-0.2, 0) is 34.6 Å². The third-order valence-electron chi connectivity index (χ3n) is 6.44. The van der Waals surface area contributed by atoms with Gasteiger partial charge in [0.2, 0.25) is 17.4 Å². The van der Waals surface area contributed by atoms with Crippen LogP contribution in [0.25, 0.3) is 11.4 Å². The zero-order chi connectivity index (χ0) is 25.4. The van der Waals surface area contributed by atoms with Crippen molar-refractivity contribution >= 4 is 0 Å². The van der Waals surface area contributed by atoms with Gasteiger partial charge in [-0.1, -0.05) is 75.2 Å². The predicted molar refractivity (Wildman–Crippen MR) is 137 cm³/mol. The average molecular weight is 490 g/mol. The predicted octanol–water partition coefficient (Wildman–Crippen LogP) is 4.69. The fourth-order valence-corrected chi connectivity index (χ4v) is 4.42. The lowest BCUT2D eigenvalue weighted by Gasteiger charge is -2.27. The van der Waals surface area contributed by atoms with Crippen molar-refractivity contribution in [2.75, 3.05) is 14.2 Å². The molecule has 0 saturated carbocycles. The van der Waals surface area contributed by atoms with Crippen LogP contribution in [0.15, 0.2) is 48.5 Å². The first-order chi connectivity index (χ1) is 17.6. The van der Waals surface area contributed by atoms with E-state index < -0.39 is 5.79 Å². The summed E-state index contributed by atoms with van der Waals surface area (Å²) in [7, 11) is 3.31. The van der Waals surface area contributed by atoms with Gasteiger partial charge in [0, 0.05) is 32.6 Å². The van der Waals surface area contributed by atoms with Crippen LogP contribution in [0.1, 0.15) is 67.9 Å². The SMILES string of the molecule is CCCCc1nc(C(CCC)(OC)OC)nn1Cc1ccc(Cc2ccccc2-c2nn[nH]n2)cc1. The number of hydrogen-bond acceptors (Lipinski definition) is 7. The number of nitrogens with zero attached hydrogens (tertiary/aromatic N) is 6. The van der Waals surface area contributed by atoms with Crippen LogP contribution in [0.2, 0.25) is 0 Å². The van der Waals surface area contributed by atoms with Gasteiger partial charge in [-0.15, -0.1) is 15.3 Å². The van der Waals surface area contributed by atoms with E-state index in [0.29, 0.717) is 24.6 Å². The van der Waals surface area contributed by atoms with E-state index in [2.05, 4.69) is 64.8 Å². The number of hydrogen-bond donors (Lipinski definition) is 1. The van der Waals surface area contributed by atoms with Crippen molar-refractivity contribution in [3.8, 4) is 11.4 Å². The summed E-state index contributed by atoms with van der Waals surface area (Å²) in [6.07, 6.45) is 5.38. The molecule has 9 heteroatoms. The molecule has 1 N–H and O–H groups in total. The number of H-pyrrole nitrogens is 1. The van der Waals surface area contributed by atoms with Crippen molar-refractivity contribution in [3.05, 3.63) is 76.9 Å². The van der Waals surface area contributed by atoms with Crippen LogP contribution in [0.3, 0.4) is 0 Å². The summed E-state index contributed by atoms with van der Waals surface area (Å²) in [4.78, 5) is 4.87. The average Bonchev–Trinajstić information content (AvgIpc) is 3.58. The molecule has 0 radical (unpaired) electrons. The number of nitrogens with one attached hydrogen (secondary N) is 1. The fourth-order valence-electron chi connectivity index (χ4n) is 4.42. The van der Waals surface area contributed by atoms with Crippen molar-refractivity contribution < 1.29 is 9.47 Å². The van der Waals surface area contributed by atoms with Crippen molar-refractivity contribution in [2.45, 2.75) is 64.7 Å². The number of rotatable bonds is 13. The second kappa shape index (κ2) is 12.0. The van der Waals surface area contributed by atoms with Crippen LogP contribution in [0.5, 0.6) is 0 Å². The highest BCUT2D eigenvalue weighted by molar-refractivity contribution is 5.60. The second-order valence-electron chi connectivity index (χ2n) is 8.91. The molecule has 9 nitrogen and oxygen atoms in total. The molecular weight excluding hydrogens is 454 g/mol. The summed E-state index contributed by atoms with van der Waals surface area (Å²) in [6, 6.07) is 16.8. The smallest absolute Gasteiger partial charge is 0.231 e. The van der Waals surface area contributed by atoms with Gasteiger partial charge in [0.05, 0.1) is 6.54 Å². The van der Waals surface area contributed by atoms with Crippen LogP contribution in [0.4, 0.5) is 0 Å². The molecule has 0 spiro atoms. The molecule has 2 aromatic heterocycles. The third kappa shape index (κ3) is 5.68. The van der Waals surface area contributed by atoms with Gasteiger partial charge in [0.15, 0.2) is 0 Å². The number of aromatic nitrogens is 7. The van der Waals surface area contributed by atoms with Crippen molar-refractivity contribution in [2.24, 2.45) is 0 Å². The number of unbranched alkanes of at least 4 members (excludes halogenated alkanes) is 1. The molecule has 4 aromatic rings. The molecule has 0 aliphatic rings. The van der Waals surface area contributed by atoms with Gasteiger partial charge in [0.25, 0.3) is 0 Å². The van der Waals surface area contributed by atoms with Crippen LogP contribution in [-0.4, -0.2) is 49.6 Å².